The molecule has 0 aliphatic heterocycles. The molecule has 1 N–H and O–H groups in total. The molecule has 0 atom stereocenters. The van der Waals surface area contributed by atoms with Crippen LogP contribution in [0.3, 0.4) is 0 Å². The third-order valence-corrected chi connectivity index (χ3v) is 3.68. The summed E-state index contributed by atoms with van der Waals surface area (Å²) in [5.41, 5.74) is 1.45. The predicted octanol–water partition coefficient (Wildman–Crippen LogP) is 4.72. The van der Waals surface area contributed by atoms with Gasteiger partial charge >= 0.3 is 12.1 Å². The maximum Gasteiger partial charge on any atom is 0.490 e. The van der Waals surface area contributed by atoms with E-state index in [2.05, 4.69) is 15.2 Å². The van der Waals surface area contributed by atoms with Gasteiger partial charge in [0, 0.05) is 23.3 Å². The van der Waals surface area contributed by atoms with Crippen LogP contribution in [0, 0.1) is 5.82 Å². The molecular formula is C19H11F4N3O3. The normalized spacial score (nSPS) is 11.0. The zero-order valence-corrected chi connectivity index (χ0v) is 14.4. The van der Waals surface area contributed by atoms with E-state index in [-0.39, 0.29) is 5.82 Å². The van der Waals surface area contributed by atoms with Gasteiger partial charge in [-0.2, -0.15) is 13.2 Å². The number of alkyl halides is 3. The van der Waals surface area contributed by atoms with Crippen molar-refractivity contribution in [1.29, 1.82) is 0 Å². The van der Waals surface area contributed by atoms with Crippen LogP contribution in [0.2, 0.25) is 0 Å². The van der Waals surface area contributed by atoms with Crippen LogP contribution < -0.4 is 0 Å². The molecule has 10 heteroatoms. The molecule has 0 fully saturated rings. The van der Waals surface area contributed by atoms with Crippen molar-refractivity contribution in [1.82, 2.24) is 15.2 Å². The van der Waals surface area contributed by atoms with E-state index in [1.165, 1.54) is 6.07 Å². The van der Waals surface area contributed by atoms with Gasteiger partial charge in [-0.3, -0.25) is 4.98 Å². The lowest BCUT2D eigenvalue weighted by molar-refractivity contribution is -0.192. The third kappa shape index (κ3) is 4.54. The predicted molar refractivity (Wildman–Crippen MR) is 94.1 cm³/mol. The maximum atomic E-state index is 13.9. The Kier molecular flexibility index (Phi) is 5.53. The lowest BCUT2D eigenvalue weighted by Gasteiger charge is -2.03. The molecule has 148 valence electrons. The van der Waals surface area contributed by atoms with Crippen molar-refractivity contribution in [2.24, 2.45) is 0 Å². The Bertz CT molecular complexity index is 1140. The minimum Gasteiger partial charge on any atom is -0.475 e. The van der Waals surface area contributed by atoms with E-state index in [0.29, 0.717) is 22.7 Å². The number of pyridine rings is 1. The van der Waals surface area contributed by atoms with Crippen molar-refractivity contribution in [3.8, 4) is 22.9 Å². The fourth-order valence-corrected chi connectivity index (χ4v) is 2.39. The molecule has 0 unspecified atom stereocenters. The number of fused-ring (bicyclic) bond motifs is 1. The summed E-state index contributed by atoms with van der Waals surface area (Å²) >= 11 is 0. The standard InChI is InChI=1S/C17H10FN3O.C2HF3O2/c18-15-8-7-14(12-5-1-2-6-13(12)15)17-21-20-16(22-17)11-4-3-9-19-10-11;3-2(4,5)1(6)7/h1-10H;(H,6,7). The van der Waals surface area contributed by atoms with E-state index in [1.54, 1.807) is 36.7 Å². The summed E-state index contributed by atoms with van der Waals surface area (Å²) < 4.78 is 51.3. The van der Waals surface area contributed by atoms with E-state index in [4.69, 9.17) is 14.3 Å². The van der Waals surface area contributed by atoms with Crippen LogP contribution in [-0.4, -0.2) is 32.4 Å². The van der Waals surface area contributed by atoms with E-state index < -0.39 is 12.1 Å². The first-order valence-electron chi connectivity index (χ1n) is 7.99. The highest BCUT2D eigenvalue weighted by Gasteiger charge is 2.38. The number of aliphatic carboxylic acids is 1. The summed E-state index contributed by atoms with van der Waals surface area (Å²) in [6.45, 7) is 0. The molecule has 0 aliphatic rings. The minimum absolute atomic E-state index is 0.272. The second-order valence-corrected chi connectivity index (χ2v) is 5.60. The number of benzene rings is 2. The highest BCUT2D eigenvalue weighted by atomic mass is 19.4. The second kappa shape index (κ2) is 8.05. The average Bonchev–Trinajstić information content (AvgIpc) is 3.19. The smallest absolute Gasteiger partial charge is 0.475 e. The van der Waals surface area contributed by atoms with E-state index in [9.17, 15) is 17.6 Å². The van der Waals surface area contributed by atoms with Gasteiger partial charge in [0.15, 0.2) is 0 Å². The third-order valence-electron chi connectivity index (χ3n) is 3.68. The zero-order chi connectivity index (χ0) is 21.0. The first kappa shape index (κ1) is 19.9. The molecule has 2 heterocycles. The first-order chi connectivity index (χ1) is 13.8. The summed E-state index contributed by atoms with van der Waals surface area (Å²) in [5.74, 6) is -2.29. The number of carboxylic acids is 1. The Hall–Kier alpha value is -3.82. The fourth-order valence-electron chi connectivity index (χ4n) is 2.39. The molecule has 0 radical (unpaired) electrons. The van der Waals surface area contributed by atoms with Crippen LogP contribution in [0.25, 0.3) is 33.7 Å². The monoisotopic (exact) mass is 405 g/mol. The number of hydrogen-bond donors (Lipinski definition) is 1. The van der Waals surface area contributed by atoms with Crippen LogP contribution in [0.15, 0.2) is 65.3 Å². The fraction of sp³-hybridized carbons (Fsp3) is 0.0526. The quantitative estimate of drug-likeness (QED) is 0.485. The highest BCUT2D eigenvalue weighted by molar-refractivity contribution is 5.95. The van der Waals surface area contributed by atoms with Crippen molar-refractivity contribution in [3.05, 3.63) is 66.7 Å². The number of hydrogen-bond acceptors (Lipinski definition) is 5. The Morgan fingerprint density at radius 1 is 0.931 bits per heavy atom. The molecule has 0 saturated heterocycles. The van der Waals surface area contributed by atoms with E-state index in [1.807, 2.05) is 18.2 Å². The highest BCUT2D eigenvalue weighted by Crippen LogP contribution is 2.31. The molecular weight excluding hydrogens is 394 g/mol. The van der Waals surface area contributed by atoms with Crippen LogP contribution in [0.4, 0.5) is 17.6 Å². The summed E-state index contributed by atoms with van der Waals surface area (Å²) in [5, 5.41) is 16.5. The summed E-state index contributed by atoms with van der Waals surface area (Å²) in [6, 6.07) is 13.9. The Balaban J connectivity index is 0.000000298. The topological polar surface area (TPSA) is 89.1 Å². The van der Waals surface area contributed by atoms with Gasteiger partial charge in [0.2, 0.25) is 11.8 Å². The molecule has 2 aromatic carbocycles. The number of nitrogens with zero attached hydrogens (tertiary/aromatic N) is 3. The lowest BCUT2D eigenvalue weighted by Crippen LogP contribution is -2.21. The summed E-state index contributed by atoms with van der Waals surface area (Å²) in [4.78, 5) is 12.9. The molecule has 0 bridgehead atoms. The Labute approximate surface area is 160 Å². The van der Waals surface area contributed by atoms with Crippen molar-refractivity contribution in [2.45, 2.75) is 6.18 Å². The number of rotatable bonds is 2. The van der Waals surface area contributed by atoms with Crippen LogP contribution >= 0.6 is 0 Å². The SMILES string of the molecule is Fc1ccc(-c2nnc(-c3cccnc3)o2)c2ccccc12.O=C(O)C(F)(F)F. The molecule has 0 spiro atoms. The molecule has 0 aliphatic carbocycles. The summed E-state index contributed by atoms with van der Waals surface area (Å²) in [6.07, 6.45) is -1.76. The van der Waals surface area contributed by atoms with Gasteiger partial charge in [0.05, 0.1) is 5.56 Å². The molecule has 0 amide bonds. The molecule has 4 aromatic rings. The zero-order valence-electron chi connectivity index (χ0n) is 14.4. The summed E-state index contributed by atoms with van der Waals surface area (Å²) in [7, 11) is 0. The number of aromatic nitrogens is 3. The van der Waals surface area contributed by atoms with Gasteiger partial charge < -0.3 is 9.52 Å². The van der Waals surface area contributed by atoms with Gasteiger partial charge in [0.1, 0.15) is 5.82 Å². The molecule has 4 rings (SSSR count). The number of carboxylic acid groups (broad SMARTS) is 1. The van der Waals surface area contributed by atoms with Crippen molar-refractivity contribution < 1.29 is 31.9 Å². The Morgan fingerprint density at radius 3 is 2.21 bits per heavy atom. The average molecular weight is 405 g/mol. The van der Waals surface area contributed by atoms with Gasteiger partial charge in [-0.05, 0) is 29.7 Å². The minimum atomic E-state index is -5.08. The molecule has 2 aromatic heterocycles. The van der Waals surface area contributed by atoms with Gasteiger partial charge in [0.25, 0.3) is 0 Å². The second-order valence-electron chi connectivity index (χ2n) is 5.60. The van der Waals surface area contributed by atoms with Gasteiger partial charge in [-0.15, -0.1) is 10.2 Å². The number of carbonyl (C=O) groups is 1. The van der Waals surface area contributed by atoms with E-state index in [0.717, 1.165) is 10.9 Å². The first-order valence-corrected chi connectivity index (χ1v) is 7.99. The Morgan fingerprint density at radius 2 is 1.59 bits per heavy atom. The van der Waals surface area contributed by atoms with Crippen LogP contribution in [0.5, 0.6) is 0 Å². The molecule has 29 heavy (non-hydrogen) atoms. The van der Waals surface area contributed by atoms with Crippen molar-refractivity contribution in [3.63, 3.8) is 0 Å². The number of halogens is 4. The van der Waals surface area contributed by atoms with Gasteiger partial charge in [-0.25, -0.2) is 9.18 Å². The van der Waals surface area contributed by atoms with Crippen LogP contribution in [-0.2, 0) is 4.79 Å². The van der Waals surface area contributed by atoms with Crippen LogP contribution in [0.1, 0.15) is 0 Å². The molecule has 6 nitrogen and oxygen atoms in total. The lowest BCUT2D eigenvalue weighted by atomic mass is 10.0. The van der Waals surface area contributed by atoms with Gasteiger partial charge in [-0.1, -0.05) is 24.3 Å². The van der Waals surface area contributed by atoms with Crippen molar-refractivity contribution >= 4 is 16.7 Å². The maximum absolute atomic E-state index is 13.9. The van der Waals surface area contributed by atoms with E-state index >= 15 is 0 Å². The van der Waals surface area contributed by atoms with Crippen molar-refractivity contribution in [2.75, 3.05) is 0 Å². The largest absolute Gasteiger partial charge is 0.490 e. The molecule has 0 saturated carbocycles.